The summed E-state index contributed by atoms with van der Waals surface area (Å²) in [6.07, 6.45) is 2.65. The molecule has 32 heavy (non-hydrogen) atoms. The van der Waals surface area contributed by atoms with Gasteiger partial charge in [-0.2, -0.15) is 0 Å². The fraction of sp³-hybridized carbons (Fsp3) is 0.0870. The number of rotatable bonds is 8. The molecule has 0 atom stereocenters. The summed E-state index contributed by atoms with van der Waals surface area (Å²) in [7, 11) is -1.15. The van der Waals surface area contributed by atoms with E-state index in [1.807, 2.05) is 0 Å². The fourth-order valence-corrected chi connectivity index (χ4v) is 3.94. The summed E-state index contributed by atoms with van der Waals surface area (Å²) >= 11 is 0. The number of methoxy groups -OCH3 is 2. The molecular formula is C23H21FN2O5S. The van der Waals surface area contributed by atoms with Gasteiger partial charge in [-0.1, -0.05) is 24.3 Å². The van der Waals surface area contributed by atoms with Gasteiger partial charge in [-0.3, -0.25) is 9.52 Å². The smallest absolute Gasteiger partial charge is 0.262 e. The van der Waals surface area contributed by atoms with Crippen molar-refractivity contribution in [3.05, 3.63) is 84.2 Å². The Hall–Kier alpha value is -3.85. The maximum Gasteiger partial charge on any atom is 0.262 e. The van der Waals surface area contributed by atoms with Gasteiger partial charge in [-0.15, -0.1) is 0 Å². The Labute approximate surface area is 185 Å². The Balaban J connectivity index is 1.84. The second kappa shape index (κ2) is 9.97. The van der Waals surface area contributed by atoms with Crippen molar-refractivity contribution in [2.45, 2.75) is 4.90 Å². The van der Waals surface area contributed by atoms with Crippen LogP contribution < -0.4 is 19.5 Å². The van der Waals surface area contributed by atoms with E-state index in [1.54, 1.807) is 30.3 Å². The Morgan fingerprint density at radius 1 is 0.906 bits per heavy atom. The first-order valence-electron chi connectivity index (χ1n) is 9.41. The van der Waals surface area contributed by atoms with Crippen molar-refractivity contribution in [3.63, 3.8) is 0 Å². The fourth-order valence-electron chi connectivity index (χ4n) is 2.84. The highest BCUT2D eigenvalue weighted by atomic mass is 32.2. The van der Waals surface area contributed by atoms with Crippen molar-refractivity contribution >= 4 is 33.4 Å². The molecule has 2 N–H and O–H groups in total. The molecule has 0 unspecified atom stereocenters. The molecule has 0 bridgehead atoms. The number of hydrogen-bond acceptors (Lipinski definition) is 5. The zero-order valence-electron chi connectivity index (χ0n) is 17.3. The van der Waals surface area contributed by atoms with Crippen LogP contribution in [0.4, 0.5) is 15.8 Å². The molecule has 0 radical (unpaired) electrons. The van der Waals surface area contributed by atoms with Crippen LogP contribution in [0.2, 0.25) is 0 Å². The van der Waals surface area contributed by atoms with Crippen molar-refractivity contribution < 1.29 is 27.1 Å². The van der Waals surface area contributed by atoms with Crippen molar-refractivity contribution in [3.8, 4) is 11.5 Å². The highest BCUT2D eigenvalue weighted by Crippen LogP contribution is 2.30. The number of anilines is 2. The molecule has 0 aromatic heterocycles. The van der Waals surface area contributed by atoms with Gasteiger partial charge in [0.2, 0.25) is 5.91 Å². The van der Waals surface area contributed by atoms with Crippen molar-refractivity contribution in [1.29, 1.82) is 0 Å². The number of carbonyl (C=O) groups excluding carboxylic acids is 1. The number of benzene rings is 3. The summed E-state index contributed by atoms with van der Waals surface area (Å²) in [5.74, 6) is -0.330. The molecule has 0 aliphatic rings. The molecule has 9 heteroatoms. The average molecular weight is 456 g/mol. The number of para-hydroxylation sites is 2. The van der Waals surface area contributed by atoms with E-state index in [4.69, 9.17) is 9.47 Å². The maximum atomic E-state index is 13.3. The van der Waals surface area contributed by atoms with Gasteiger partial charge in [0, 0.05) is 6.08 Å². The first kappa shape index (κ1) is 22.8. The van der Waals surface area contributed by atoms with E-state index >= 15 is 0 Å². The number of nitrogens with one attached hydrogen (secondary N) is 2. The van der Waals surface area contributed by atoms with E-state index in [1.165, 1.54) is 62.8 Å². The predicted octanol–water partition coefficient (Wildman–Crippen LogP) is 4.30. The molecule has 0 saturated carbocycles. The summed E-state index contributed by atoms with van der Waals surface area (Å²) in [5.41, 5.74) is 0.933. The Morgan fingerprint density at radius 2 is 1.62 bits per heavy atom. The lowest BCUT2D eigenvalue weighted by Crippen LogP contribution is -2.15. The maximum absolute atomic E-state index is 13.3. The second-order valence-corrected chi connectivity index (χ2v) is 8.23. The number of carbonyl (C=O) groups is 1. The standard InChI is InChI=1S/C23H21FN2O5S/c1-30-21-9-4-3-8-19(21)26-32(28,29)18-11-12-22(31-2)20(15-18)25-23(27)13-10-16-6-5-7-17(24)14-16/h3-15,26H,1-2H3,(H,25,27)/b13-10+. The quantitative estimate of drug-likeness (QED) is 0.493. The van der Waals surface area contributed by atoms with Gasteiger partial charge in [-0.25, -0.2) is 12.8 Å². The van der Waals surface area contributed by atoms with Crippen LogP contribution >= 0.6 is 0 Å². The van der Waals surface area contributed by atoms with Gasteiger partial charge in [0.25, 0.3) is 10.0 Å². The van der Waals surface area contributed by atoms with E-state index in [0.717, 1.165) is 0 Å². The molecule has 0 fully saturated rings. The Morgan fingerprint density at radius 3 is 2.34 bits per heavy atom. The van der Waals surface area contributed by atoms with Crippen molar-refractivity contribution in [2.24, 2.45) is 0 Å². The zero-order chi connectivity index (χ0) is 23.1. The summed E-state index contributed by atoms with van der Waals surface area (Å²) < 4.78 is 51.9. The lowest BCUT2D eigenvalue weighted by atomic mass is 10.2. The molecular weight excluding hydrogens is 435 g/mol. The minimum Gasteiger partial charge on any atom is -0.495 e. The Kier molecular flexibility index (Phi) is 7.11. The van der Waals surface area contributed by atoms with E-state index in [2.05, 4.69) is 10.0 Å². The number of hydrogen-bond donors (Lipinski definition) is 2. The molecule has 7 nitrogen and oxygen atoms in total. The average Bonchev–Trinajstić information content (AvgIpc) is 2.78. The van der Waals surface area contributed by atoms with E-state index in [0.29, 0.717) is 11.3 Å². The Bertz CT molecular complexity index is 1260. The summed E-state index contributed by atoms with van der Waals surface area (Å²) in [4.78, 5) is 12.3. The molecule has 3 aromatic carbocycles. The highest BCUT2D eigenvalue weighted by molar-refractivity contribution is 7.92. The predicted molar refractivity (Wildman–Crippen MR) is 121 cm³/mol. The van der Waals surface area contributed by atoms with Gasteiger partial charge >= 0.3 is 0 Å². The number of halogens is 1. The topological polar surface area (TPSA) is 93.7 Å². The summed E-state index contributed by atoms with van der Waals surface area (Å²) in [6.45, 7) is 0. The van der Waals surface area contributed by atoms with Crippen molar-refractivity contribution in [1.82, 2.24) is 0 Å². The van der Waals surface area contributed by atoms with Crippen LogP contribution in [-0.4, -0.2) is 28.5 Å². The molecule has 3 aromatic rings. The van der Waals surface area contributed by atoms with Gasteiger partial charge in [0.15, 0.2) is 0 Å². The van der Waals surface area contributed by atoms with E-state index in [-0.39, 0.29) is 22.0 Å². The molecule has 0 aliphatic carbocycles. The molecule has 166 valence electrons. The lowest BCUT2D eigenvalue weighted by Gasteiger charge is -2.14. The van der Waals surface area contributed by atoms with Gasteiger partial charge in [0.05, 0.1) is 30.5 Å². The van der Waals surface area contributed by atoms with E-state index in [9.17, 15) is 17.6 Å². The van der Waals surface area contributed by atoms with Crippen LogP contribution in [0.3, 0.4) is 0 Å². The molecule has 0 saturated heterocycles. The van der Waals surface area contributed by atoms with Gasteiger partial charge in [-0.05, 0) is 54.1 Å². The largest absolute Gasteiger partial charge is 0.495 e. The zero-order valence-corrected chi connectivity index (χ0v) is 18.1. The highest BCUT2D eigenvalue weighted by Gasteiger charge is 2.19. The minimum atomic E-state index is -3.99. The summed E-state index contributed by atoms with van der Waals surface area (Å²) in [6, 6.07) is 16.4. The van der Waals surface area contributed by atoms with Crippen LogP contribution in [0.15, 0.2) is 77.7 Å². The lowest BCUT2D eigenvalue weighted by molar-refractivity contribution is -0.111. The third-order valence-corrected chi connectivity index (χ3v) is 5.73. The molecule has 0 aliphatic heterocycles. The van der Waals surface area contributed by atoms with Crippen LogP contribution in [0.25, 0.3) is 6.08 Å². The van der Waals surface area contributed by atoms with Crippen LogP contribution in [0.1, 0.15) is 5.56 Å². The SMILES string of the molecule is COc1ccc(S(=O)(=O)Nc2ccccc2OC)cc1NC(=O)/C=C/c1cccc(F)c1. The van der Waals surface area contributed by atoms with Crippen LogP contribution in [0.5, 0.6) is 11.5 Å². The van der Waals surface area contributed by atoms with Crippen LogP contribution in [-0.2, 0) is 14.8 Å². The molecule has 0 spiro atoms. The third kappa shape index (κ3) is 5.64. The second-order valence-electron chi connectivity index (χ2n) is 6.55. The molecule has 1 amide bonds. The summed E-state index contributed by atoms with van der Waals surface area (Å²) in [5, 5.41) is 2.58. The van der Waals surface area contributed by atoms with E-state index < -0.39 is 21.7 Å². The van der Waals surface area contributed by atoms with Gasteiger partial charge in [0.1, 0.15) is 17.3 Å². The molecule has 0 heterocycles. The first-order chi connectivity index (χ1) is 15.3. The van der Waals surface area contributed by atoms with Gasteiger partial charge < -0.3 is 14.8 Å². The number of amides is 1. The monoisotopic (exact) mass is 456 g/mol. The molecule has 3 rings (SSSR count). The number of ether oxygens (including phenoxy) is 2. The van der Waals surface area contributed by atoms with Crippen LogP contribution in [0, 0.1) is 5.82 Å². The third-order valence-electron chi connectivity index (χ3n) is 4.37. The van der Waals surface area contributed by atoms with Crippen molar-refractivity contribution in [2.75, 3.05) is 24.3 Å². The minimum absolute atomic E-state index is 0.0892. The first-order valence-corrected chi connectivity index (χ1v) is 10.9. The number of sulfonamides is 1. The normalized spacial score (nSPS) is 11.2.